The molecule has 20 heavy (non-hydrogen) atoms. The van der Waals surface area contributed by atoms with Crippen LogP contribution >= 0.6 is 11.6 Å². The first-order chi connectivity index (χ1) is 9.61. The zero-order chi connectivity index (χ0) is 14.5. The molecule has 106 valence electrons. The summed E-state index contributed by atoms with van der Waals surface area (Å²) >= 11 is 6.42. The lowest BCUT2D eigenvalue weighted by molar-refractivity contribution is 0.810. The van der Waals surface area contributed by atoms with E-state index in [1.807, 2.05) is 19.1 Å². The molecule has 0 bridgehead atoms. The monoisotopic (exact) mass is 288 g/mol. The largest absolute Gasteiger partial charge is 0.366 e. The first-order valence-electron chi connectivity index (χ1n) is 6.95. The minimum atomic E-state index is 0.00532. The highest BCUT2D eigenvalue weighted by Crippen LogP contribution is 2.29. The smallest absolute Gasteiger partial charge is 0.0643 e. The fourth-order valence-electron chi connectivity index (χ4n) is 2.23. The second-order valence-electron chi connectivity index (χ2n) is 5.00. The molecule has 0 aliphatic heterocycles. The Hall–Kier alpha value is -1.51. The number of rotatable bonds is 5. The van der Waals surface area contributed by atoms with Gasteiger partial charge >= 0.3 is 0 Å². The van der Waals surface area contributed by atoms with Crippen LogP contribution in [0.5, 0.6) is 0 Å². The Morgan fingerprint density at radius 3 is 2.40 bits per heavy atom. The number of hydrogen-bond acceptors (Lipinski definition) is 2. The molecule has 0 unspecified atom stereocenters. The summed E-state index contributed by atoms with van der Waals surface area (Å²) in [7, 11) is 0. The standard InChI is InChI=1S/C17H21ClN2/c1-3-20(12-14-7-5-4-6-8-14)17-10-9-15(13(2)19)11-16(17)18/h4-11,13H,3,12,19H2,1-2H3/t13-/m0/s1. The van der Waals surface area contributed by atoms with Crippen LogP contribution in [-0.2, 0) is 6.54 Å². The van der Waals surface area contributed by atoms with E-state index in [9.17, 15) is 0 Å². The Bertz CT molecular complexity index is 552. The van der Waals surface area contributed by atoms with Gasteiger partial charge in [-0.2, -0.15) is 0 Å². The Morgan fingerprint density at radius 2 is 1.85 bits per heavy atom. The Labute approximate surface area is 126 Å². The predicted molar refractivity (Wildman–Crippen MR) is 87.2 cm³/mol. The Morgan fingerprint density at radius 1 is 1.15 bits per heavy atom. The summed E-state index contributed by atoms with van der Waals surface area (Å²) in [5.41, 5.74) is 9.29. The van der Waals surface area contributed by atoms with E-state index in [0.717, 1.165) is 29.4 Å². The molecule has 0 heterocycles. The average molecular weight is 289 g/mol. The van der Waals surface area contributed by atoms with Gasteiger partial charge in [0, 0.05) is 19.1 Å². The molecule has 2 nitrogen and oxygen atoms in total. The van der Waals surface area contributed by atoms with Crippen molar-refractivity contribution < 1.29 is 0 Å². The molecule has 3 heteroatoms. The molecule has 0 amide bonds. The van der Waals surface area contributed by atoms with Crippen molar-refractivity contribution in [3.05, 3.63) is 64.7 Å². The van der Waals surface area contributed by atoms with Crippen molar-refractivity contribution in [2.24, 2.45) is 5.73 Å². The van der Waals surface area contributed by atoms with Gasteiger partial charge in [-0.25, -0.2) is 0 Å². The topological polar surface area (TPSA) is 29.3 Å². The van der Waals surface area contributed by atoms with Crippen LogP contribution in [0.2, 0.25) is 5.02 Å². The summed E-state index contributed by atoms with van der Waals surface area (Å²) in [4.78, 5) is 2.27. The van der Waals surface area contributed by atoms with Crippen molar-refractivity contribution in [2.75, 3.05) is 11.4 Å². The van der Waals surface area contributed by atoms with Crippen molar-refractivity contribution in [1.82, 2.24) is 0 Å². The van der Waals surface area contributed by atoms with Gasteiger partial charge < -0.3 is 10.6 Å². The number of nitrogens with two attached hydrogens (primary N) is 1. The zero-order valence-electron chi connectivity index (χ0n) is 12.0. The highest BCUT2D eigenvalue weighted by atomic mass is 35.5. The summed E-state index contributed by atoms with van der Waals surface area (Å²) < 4.78 is 0. The average Bonchev–Trinajstić information content (AvgIpc) is 2.46. The molecular formula is C17H21ClN2. The van der Waals surface area contributed by atoms with Crippen LogP contribution in [-0.4, -0.2) is 6.54 Å². The molecule has 0 fully saturated rings. The van der Waals surface area contributed by atoms with E-state index in [4.69, 9.17) is 17.3 Å². The molecule has 2 N–H and O–H groups in total. The Kier molecular flexibility index (Phi) is 5.05. The molecule has 1 atom stereocenters. The normalized spacial score (nSPS) is 12.2. The van der Waals surface area contributed by atoms with Crippen LogP contribution in [0.4, 0.5) is 5.69 Å². The van der Waals surface area contributed by atoms with Gasteiger partial charge in [0.25, 0.3) is 0 Å². The molecule has 0 aliphatic carbocycles. The molecule has 0 spiro atoms. The molecule has 0 aromatic heterocycles. The molecule has 0 saturated carbocycles. The van der Waals surface area contributed by atoms with E-state index in [1.165, 1.54) is 5.56 Å². The van der Waals surface area contributed by atoms with Gasteiger partial charge in [-0.1, -0.05) is 48.0 Å². The molecule has 2 aromatic rings. The van der Waals surface area contributed by atoms with Crippen molar-refractivity contribution >= 4 is 17.3 Å². The van der Waals surface area contributed by atoms with Crippen LogP contribution in [0.15, 0.2) is 48.5 Å². The SMILES string of the molecule is CCN(Cc1ccccc1)c1ccc([C@H](C)N)cc1Cl. The summed E-state index contributed by atoms with van der Waals surface area (Å²) in [6.45, 7) is 5.87. The molecule has 0 saturated heterocycles. The lowest BCUT2D eigenvalue weighted by atomic mass is 10.1. The lowest BCUT2D eigenvalue weighted by Crippen LogP contribution is -2.22. The van der Waals surface area contributed by atoms with Gasteiger partial charge in [0.1, 0.15) is 0 Å². The number of nitrogens with zero attached hydrogens (tertiary/aromatic N) is 1. The fraction of sp³-hybridized carbons (Fsp3) is 0.294. The summed E-state index contributed by atoms with van der Waals surface area (Å²) in [6.07, 6.45) is 0. The second kappa shape index (κ2) is 6.78. The van der Waals surface area contributed by atoms with E-state index in [0.29, 0.717) is 0 Å². The fourth-order valence-corrected chi connectivity index (χ4v) is 2.54. The zero-order valence-corrected chi connectivity index (χ0v) is 12.8. The second-order valence-corrected chi connectivity index (χ2v) is 5.41. The van der Waals surface area contributed by atoms with E-state index in [1.54, 1.807) is 0 Å². The number of halogens is 1. The summed E-state index contributed by atoms with van der Waals surface area (Å²) in [6, 6.07) is 16.5. The highest BCUT2D eigenvalue weighted by Gasteiger charge is 2.11. The van der Waals surface area contributed by atoms with Crippen LogP contribution in [0.25, 0.3) is 0 Å². The van der Waals surface area contributed by atoms with Gasteiger partial charge in [0.15, 0.2) is 0 Å². The molecular weight excluding hydrogens is 268 g/mol. The first kappa shape index (κ1) is 14.9. The molecule has 0 radical (unpaired) electrons. The van der Waals surface area contributed by atoms with Crippen LogP contribution in [0, 0.1) is 0 Å². The first-order valence-corrected chi connectivity index (χ1v) is 7.33. The van der Waals surface area contributed by atoms with Crippen molar-refractivity contribution in [2.45, 2.75) is 26.4 Å². The van der Waals surface area contributed by atoms with Gasteiger partial charge in [0.05, 0.1) is 10.7 Å². The summed E-state index contributed by atoms with van der Waals surface area (Å²) in [5.74, 6) is 0. The van der Waals surface area contributed by atoms with Gasteiger partial charge in [-0.3, -0.25) is 0 Å². The predicted octanol–water partition coefficient (Wildman–Crippen LogP) is 4.39. The molecule has 2 rings (SSSR count). The maximum absolute atomic E-state index is 6.42. The minimum absolute atomic E-state index is 0.00532. The molecule has 0 aliphatic rings. The number of benzene rings is 2. The van der Waals surface area contributed by atoms with Gasteiger partial charge in [-0.15, -0.1) is 0 Å². The minimum Gasteiger partial charge on any atom is -0.366 e. The van der Waals surface area contributed by atoms with E-state index >= 15 is 0 Å². The van der Waals surface area contributed by atoms with Crippen molar-refractivity contribution in [1.29, 1.82) is 0 Å². The Balaban J connectivity index is 2.23. The number of hydrogen-bond donors (Lipinski definition) is 1. The van der Waals surface area contributed by atoms with Crippen LogP contribution in [0.3, 0.4) is 0 Å². The van der Waals surface area contributed by atoms with E-state index in [2.05, 4.69) is 48.2 Å². The van der Waals surface area contributed by atoms with Gasteiger partial charge in [-0.05, 0) is 37.1 Å². The third kappa shape index (κ3) is 3.53. The van der Waals surface area contributed by atoms with Crippen molar-refractivity contribution in [3.63, 3.8) is 0 Å². The highest BCUT2D eigenvalue weighted by molar-refractivity contribution is 6.33. The van der Waals surface area contributed by atoms with E-state index < -0.39 is 0 Å². The van der Waals surface area contributed by atoms with Gasteiger partial charge in [0.2, 0.25) is 0 Å². The number of anilines is 1. The van der Waals surface area contributed by atoms with Crippen LogP contribution in [0.1, 0.15) is 31.0 Å². The van der Waals surface area contributed by atoms with Crippen molar-refractivity contribution in [3.8, 4) is 0 Å². The summed E-state index contributed by atoms with van der Waals surface area (Å²) in [5, 5.41) is 0.762. The third-order valence-electron chi connectivity index (χ3n) is 3.44. The van der Waals surface area contributed by atoms with Crippen LogP contribution < -0.4 is 10.6 Å². The third-order valence-corrected chi connectivity index (χ3v) is 3.74. The quantitative estimate of drug-likeness (QED) is 0.884. The van der Waals surface area contributed by atoms with E-state index in [-0.39, 0.29) is 6.04 Å². The lowest BCUT2D eigenvalue weighted by Gasteiger charge is -2.25. The maximum atomic E-state index is 6.42. The molecule has 2 aromatic carbocycles. The maximum Gasteiger partial charge on any atom is 0.0643 e.